The Hall–Kier alpha value is -1.71. The van der Waals surface area contributed by atoms with Gasteiger partial charge in [0.05, 0.1) is 5.56 Å². The Morgan fingerprint density at radius 3 is 2.24 bits per heavy atom. The monoisotopic (exact) mass is 240 g/mol. The summed E-state index contributed by atoms with van der Waals surface area (Å²) < 4.78 is 42.4. The Balaban J connectivity index is 2.08. The maximum atomic E-state index is 12.3. The Kier molecular flexibility index (Phi) is 3.22. The first kappa shape index (κ1) is 11.8. The maximum absolute atomic E-state index is 12.3. The highest BCUT2D eigenvalue weighted by molar-refractivity contribution is 5.32. The normalized spacial score (nSPS) is 15.6. The lowest BCUT2D eigenvalue weighted by atomic mass is 10.2. The van der Waals surface area contributed by atoms with Crippen molar-refractivity contribution in [3.05, 3.63) is 53.8 Å². The SMILES string of the molecule is FC(F)(F)c1ccc(OC2=CCCC=C2)cc1. The number of benzene rings is 1. The predicted molar refractivity (Wildman–Crippen MR) is 58.5 cm³/mol. The van der Waals surface area contributed by atoms with Crippen LogP contribution in [0.1, 0.15) is 18.4 Å². The van der Waals surface area contributed by atoms with Gasteiger partial charge in [-0.3, -0.25) is 0 Å². The summed E-state index contributed by atoms with van der Waals surface area (Å²) in [6.45, 7) is 0. The molecule has 0 radical (unpaired) electrons. The van der Waals surface area contributed by atoms with Gasteiger partial charge in [0, 0.05) is 0 Å². The topological polar surface area (TPSA) is 9.23 Å². The molecule has 2 rings (SSSR count). The fourth-order valence-electron chi connectivity index (χ4n) is 1.51. The molecule has 0 aromatic heterocycles. The minimum Gasteiger partial charge on any atom is -0.458 e. The molecule has 0 atom stereocenters. The third-order valence-corrected chi connectivity index (χ3v) is 2.38. The lowest BCUT2D eigenvalue weighted by molar-refractivity contribution is -0.137. The largest absolute Gasteiger partial charge is 0.458 e. The molecule has 0 spiro atoms. The zero-order chi connectivity index (χ0) is 12.3. The smallest absolute Gasteiger partial charge is 0.416 e. The third-order valence-electron chi connectivity index (χ3n) is 2.38. The van der Waals surface area contributed by atoms with Crippen molar-refractivity contribution < 1.29 is 17.9 Å². The summed E-state index contributed by atoms with van der Waals surface area (Å²) in [5.41, 5.74) is -0.669. The molecule has 1 aromatic carbocycles. The van der Waals surface area contributed by atoms with Gasteiger partial charge in [0.1, 0.15) is 11.5 Å². The van der Waals surface area contributed by atoms with Gasteiger partial charge in [0.15, 0.2) is 0 Å². The fourth-order valence-corrected chi connectivity index (χ4v) is 1.51. The van der Waals surface area contributed by atoms with Crippen molar-refractivity contribution in [2.24, 2.45) is 0 Å². The standard InChI is InChI=1S/C13H11F3O/c14-13(15,16)10-6-8-12(9-7-10)17-11-4-2-1-3-5-11/h2,4-9H,1,3H2. The van der Waals surface area contributed by atoms with Crippen LogP contribution >= 0.6 is 0 Å². The Labute approximate surface area is 97.2 Å². The van der Waals surface area contributed by atoms with E-state index in [2.05, 4.69) is 0 Å². The van der Waals surface area contributed by atoms with E-state index in [0.29, 0.717) is 11.5 Å². The van der Waals surface area contributed by atoms with Crippen molar-refractivity contribution >= 4 is 0 Å². The van der Waals surface area contributed by atoms with Gasteiger partial charge in [0.2, 0.25) is 0 Å². The van der Waals surface area contributed by atoms with Crippen molar-refractivity contribution in [1.82, 2.24) is 0 Å². The van der Waals surface area contributed by atoms with Crippen LogP contribution in [0.3, 0.4) is 0 Å². The Morgan fingerprint density at radius 2 is 1.71 bits per heavy atom. The maximum Gasteiger partial charge on any atom is 0.416 e. The molecule has 1 aromatic rings. The average Bonchev–Trinajstić information content (AvgIpc) is 2.30. The molecule has 0 saturated carbocycles. The van der Waals surface area contributed by atoms with Gasteiger partial charge in [-0.25, -0.2) is 0 Å². The molecule has 0 bridgehead atoms. The van der Waals surface area contributed by atoms with E-state index < -0.39 is 11.7 Å². The number of alkyl halides is 3. The van der Waals surface area contributed by atoms with Crippen molar-refractivity contribution in [2.45, 2.75) is 19.0 Å². The molecule has 1 aliphatic carbocycles. The number of halogens is 3. The zero-order valence-corrected chi connectivity index (χ0v) is 9.00. The number of allylic oxidation sites excluding steroid dienone is 3. The molecule has 0 unspecified atom stereocenters. The quantitative estimate of drug-likeness (QED) is 0.748. The summed E-state index contributed by atoms with van der Waals surface area (Å²) >= 11 is 0. The molecule has 90 valence electrons. The molecule has 0 amide bonds. The second-order valence-electron chi connectivity index (χ2n) is 3.71. The second kappa shape index (κ2) is 4.65. The number of rotatable bonds is 2. The van der Waals surface area contributed by atoms with Gasteiger partial charge in [-0.15, -0.1) is 0 Å². The summed E-state index contributed by atoms with van der Waals surface area (Å²) in [4.78, 5) is 0. The van der Waals surface area contributed by atoms with Crippen molar-refractivity contribution in [3.63, 3.8) is 0 Å². The van der Waals surface area contributed by atoms with E-state index in [4.69, 9.17) is 4.74 Å². The highest BCUT2D eigenvalue weighted by Gasteiger charge is 2.30. The molecule has 1 nitrogen and oxygen atoms in total. The first-order valence-corrected chi connectivity index (χ1v) is 5.27. The van der Waals surface area contributed by atoms with E-state index in [9.17, 15) is 13.2 Å². The average molecular weight is 240 g/mol. The van der Waals surface area contributed by atoms with Crippen LogP contribution in [-0.4, -0.2) is 0 Å². The lowest BCUT2D eigenvalue weighted by Gasteiger charge is -2.11. The van der Waals surface area contributed by atoms with E-state index in [0.717, 1.165) is 25.0 Å². The Morgan fingerprint density at radius 1 is 1.00 bits per heavy atom. The van der Waals surface area contributed by atoms with Gasteiger partial charge >= 0.3 is 6.18 Å². The van der Waals surface area contributed by atoms with Crippen molar-refractivity contribution in [3.8, 4) is 5.75 Å². The van der Waals surface area contributed by atoms with Crippen LogP contribution in [0, 0.1) is 0 Å². The molecule has 0 N–H and O–H groups in total. The third kappa shape index (κ3) is 3.12. The number of hydrogen-bond donors (Lipinski definition) is 0. The van der Waals surface area contributed by atoms with E-state index in [1.807, 2.05) is 18.2 Å². The highest BCUT2D eigenvalue weighted by atomic mass is 19.4. The van der Waals surface area contributed by atoms with E-state index in [1.54, 1.807) is 0 Å². The molecule has 4 heteroatoms. The van der Waals surface area contributed by atoms with Gasteiger partial charge in [-0.1, -0.05) is 6.08 Å². The molecule has 0 saturated heterocycles. The van der Waals surface area contributed by atoms with Gasteiger partial charge in [-0.05, 0) is 49.3 Å². The van der Waals surface area contributed by atoms with E-state index in [1.165, 1.54) is 12.1 Å². The molecular formula is C13H11F3O. The van der Waals surface area contributed by atoms with E-state index in [-0.39, 0.29) is 0 Å². The molecule has 0 heterocycles. The Bertz CT molecular complexity index is 441. The predicted octanol–water partition coefficient (Wildman–Crippen LogP) is 4.32. The zero-order valence-electron chi connectivity index (χ0n) is 9.00. The fraction of sp³-hybridized carbons (Fsp3) is 0.231. The first-order valence-electron chi connectivity index (χ1n) is 5.27. The van der Waals surface area contributed by atoms with Gasteiger partial charge in [0.25, 0.3) is 0 Å². The molecule has 1 aliphatic rings. The summed E-state index contributed by atoms with van der Waals surface area (Å²) in [6.07, 6.45) is 3.27. The molecule has 0 aliphatic heterocycles. The van der Waals surface area contributed by atoms with Crippen molar-refractivity contribution in [1.29, 1.82) is 0 Å². The van der Waals surface area contributed by atoms with Crippen LogP contribution in [0.25, 0.3) is 0 Å². The summed E-state index contributed by atoms with van der Waals surface area (Å²) in [5.74, 6) is 1.09. The van der Waals surface area contributed by atoms with E-state index >= 15 is 0 Å². The second-order valence-corrected chi connectivity index (χ2v) is 3.71. The molecular weight excluding hydrogens is 229 g/mol. The first-order chi connectivity index (χ1) is 8.05. The molecule has 17 heavy (non-hydrogen) atoms. The lowest BCUT2D eigenvalue weighted by Crippen LogP contribution is -2.04. The summed E-state index contributed by atoms with van der Waals surface area (Å²) in [7, 11) is 0. The van der Waals surface area contributed by atoms with Crippen LogP contribution in [0.4, 0.5) is 13.2 Å². The molecule has 0 fully saturated rings. The van der Waals surface area contributed by atoms with Crippen LogP contribution in [0.2, 0.25) is 0 Å². The van der Waals surface area contributed by atoms with Gasteiger partial charge in [-0.2, -0.15) is 13.2 Å². The number of hydrogen-bond acceptors (Lipinski definition) is 1. The number of ether oxygens (including phenoxy) is 1. The minimum atomic E-state index is -4.30. The minimum absolute atomic E-state index is 0.413. The summed E-state index contributed by atoms with van der Waals surface area (Å²) in [6, 6.07) is 4.68. The van der Waals surface area contributed by atoms with Crippen molar-refractivity contribution in [2.75, 3.05) is 0 Å². The van der Waals surface area contributed by atoms with Crippen LogP contribution in [-0.2, 0) is 6.18 Å². The van der Waals surface area contributed by atoms with Crippen LogP contribution in [0.5, 0.6) is 5.75 Å². The van der Waals surface area contributed by atoms with Crippen LogP contribution < -0.4 is 4.74 Å². The summed E-state index contributed by atoms with van der Waals surface area (Å²) in [5, 5.41) is 0. The van der Waals surface area contributed by atoms with Crippen LogP contribution in [0.15, 0.2) is 48.3 Å². The van der Waals surface area contributed by atoms with Gasteiger partial charge < -0.3 is 4.74 Å². The highest BCUT2D eigenvalue weighted by Crippen LogP contribution is 2.30.